The lowest BCUT2D eigenvalue weighted by atomic mass is 9.99. The van der Waals surface area contributed by atoms with E-state index < -0.39 is 6.10 Å². The summed E-state index contributed by atoms with van der Waals surface area (Å²) in [7, 11) is 0. The van der Waals surface area contributed by atoms with E-state index in [1.807, 2.05) is 19.9 Å². The van der Waals surface area contributed by atoms with E-state index in [1.165, 1.54) is 12.1 Å². The maximum atomic E-state index is 13.4. The van der Waals surface area contributed by atoms with Crippen molar-refractivity contribution in [1.82, 2.24) is 10.2 Å². The Balaban J connectivity index is 2.27. The van der Waals surface area contributed by atoms with Gasteiger partial charge in [0.15, 0.2) is 0 Å². The molecule has 0 saturated heterocycles. The molecule has 5 heteroatoms. The van der Waals surface area contributed by atoms with Crippen molar-refractivity contribution in [2.75, 3.05) is 0 Å². The minimum atomic E-state index is -0.715. The number of rotatable bonds is 4. The number of benzene rings is 1. The zero-order valence-electron chi connectivity index (χ0n) is 11.4. The van der Waals surface area contributed by atoms with Crippen molar-refractivity contribution < 1.29 is 9.50 Å². The quantitative estimate of drug-likeness (QED) is 0.927. The number of nitrogens with zero attached hydrogens (tertiary/aromatic N) is 2. The van der Waals surface area contributed by atoms with Gasteiger partial charge in [-0.25, -0.2) is 4.39 Å². The lowest BCUT2D eigenvalue weighted by Crippen LogP contribution is -2.09. The molecule has 0 spiro atoms. The summed E-state index contributed by atoms with van der Waals surface area (Å²) in [6.45, 7) is 3.80. The SMILES string of the molecule is CCc1nnc(C)cc1C(O)Cc1cc(F)cc(Br)c1. The molecule has 1 unspecified atom stereocenters. The molecule has 0 bridgehead atoms. The molecule has 0 radical (unpaired) electrons. The lowest BCUT2D eigenvalue weighted by Gasteiger charge is -2.14. The van der Waals surface area contributed by atoms with E-state index in [4.69, 9.17) is 0 Å². The maximum Gasteiger partial charge on any atom is 0.124 e. The van der Waals surface area contributed by atoms with Crippen LogP contribution in [0.5, 0.6) is 0 Å². The fourth-order valence-electron chi connectivity index (χ4n) is 2.16. The van der Waals surface area contributed by atoms with E-state index in [1.54, 1.807) is 6.07 Å². The van der Waals surface area contributed by atoms with Crippen molar-refractivity contribution in [2.45, 2.75) is 32.8 Å². The van der Waals surface area contributed by atoms with Gasteiger partial charge in [0, 0.05) is 16.5 Å². The molecule has 106 valence electrons. The van der Waals surface area contributed by atoms with Crippen molar-refractivity contribution in [1.29, 1.82) is 0 Å². The highest BCUT2D eigenvalue weighted by atomic mass is 79.9. The van der Waals surface area contributed by atoms with Gasteiger partial charge in [-0.15, -0.1) is 0 Å². The highest BCUT2D eigenvalue weighted by Gasteiger charge is 2.15. The number of aryl methyl sites for hydroxylation is 2. The van der Waals surface area contributed by atoms with Crippen molar-refractivity contribution in [3.63, 3.8) is 0 Å². The summed E-state index contributed by atoms with van der Waals surface area (Å²) in [5, 5.41) is 18.5. The summed E-state index contributed by atoms with van der Waals surface area (Å²) in [6.07, 6.45) is 0.328. The van der Waals surface area contributed by atoms with Crippen molar-refractivity contribution in [3.05, 3.63) is 57.1 Å². The van der Waals surface area contributed by atoms with Gasteiger partial charge >= 0.3 is 0 Å². The Morgan fingerprint density at radius 1 is 1.25 bits per heavy atom. The Morgan fingerprint density at radius 2 is 2.00 bits per heavy atom. The summed E-state index contributed by atoms with van der Waals surface area (Å²) in [6, 6.07) is 6.47. The number of aromatic nitrogens is 2. The van der Waals surface area contributed by atoms with Crippen LogP contribution in [0.25, 0.3) is 0 Å². The van der Waals surface area contributed by atoms with Crippen LogP contribution < -0.4 is 0 Å². The predicted octanol–water partition coefficient (Wildman–Crippen LogP) is 3.53. The van der Waals surface area contributed by atoms with Crippen molar-refractivity contribution in [3.8, 4) is 0 Å². The minimum absolute atomic E-state index is 0.318. The molecule has 1 atom stereocenters. The van der Waals surface area contributed by atoms with E-state index >= 15 is 0 Å². The van der Waals surface area contributed by atoms with E-state index in [0.29, 0.717) is 17.3 Å². The largest absolute Gasteiger partial charge is 0.388 e. The van der Waals surface area contributed by atoms with Gasteiger partial charge in [0.1, 0.15) is 5.82 Å². The molecule has 3 nitrogen and oxygen atoms in total. The van der Waals surface area contributed by atoms with Gasteiger partial charge < -0.3 is 5.11 Å². The number of aliphatic hydroxyl groups excluding tert-OH is 1. The van der Waals surface area contributed by atoms with E-state index in [9.17, 15) is 9.50 Å². The molecular weight excluding hydrogens is 323 g/mol. The van der Waals surface area contributed by atoms with Gasteiger partial charge in [0.05, 0.1) is 17.5 Å². The third-order valence-electron chi connectivity index (χ3n) is 3.07. The Hall–Kier alpha value is -1.33. The highest BCUT2D eigenvalue weighted by Crippen LogP contribution is 2.24. The minimum Gasteiger partial charge on any atom is -0.388 e. The van der Waals surface area contributed by atoms with Crippen LogP contribution in [0.2, 0.25) is 0 Å². The third kappa shape index (κ3) is 3.61. The Bertz CT molecular complexity index is 599. The summed E-state index contributed by atoms with van der Waals surface area (Å²) in [4.78, 5) is 0. The first-order valence-electron chi connectivity index (χ1n) is 6.45. The van der Waals surface area contributed by atoms with Gasteiger partial charge in [0.2, 0.25) is 0 Å². The van der Waals surface area contributed by atoms with Crippen molar-refractivity contribution in [2.24, 2.45) is 0 Å². The Morgan fingerprint density at radius 3 is 2.65 bits per heavy atom. The number of aliphatic hydroxyl groups is 1. The molecule has 0 fully saturated rings. The molecule has 2 rings (SSSR count). The standard InChI is InChI=1S/C15H16BrFN2O/c1-3-14-13(4-9(2)18-19-14)15(20)7-10-5-11(16)8-12(17)6-10/h4-6,8,15,20H,3,7H2,1-2H3. The number of hydrogen-bond acceptors (Lipinski definition) is 3. The molecule has 0 amide bonds. The van der Waals surface area contributed by atoms with Gasteiger partial charge in [-0.05, 0) is 43.2 Å². The molecule has 1 aromatic heterocycles. The van der Waals surface area contributed by atoms with Crippen LogP contribution >= 0.6 is 15.9 Å². The second kappa shape index (κ2) is 6.41. The van der Waals surface area contributed by atoms with Gasteiger partial charge in [-0.3, -0.25) is 0 Å². The molecule has 0 aliphatic carbocycles. The fourth-order valence-corrected chi connectivity index (χ4v) is 2.67. The molecule has 0 saturated carbocycles. The molecule has 0 aliphatic heterocycles. The molecule has 1 N–H and O–H groups in total. The van der Waals surface area contributed by atoms with Crippen LogP contribution in [0.15, 0.2) is 28.7 Å². The summed E-state index contributed by atoms with van der Waals surface area (Å²) in [5.41, 5.74) is 3.04. The summed E-state index contributed by atoms with van der Waals surface area (Å²) >= 11 is 3.25. The van der Waals surface area contributed by atoms with Crippen LogP contribution in [0.1, 0.15) is 35.5 Å². The highest BCUT2D eigenvalue weighted by molar-refractivity contribution is 9.10. The number of halogens is 2. The van der Waals surface area contributed by atoms with E-state index in [0.717, 1.165) is 22.5 Å². The Labute approximate surface area is 126 Å². The van der Waals surface area contributed by atoms with Crippen LogP contribution in [0.3, 0.4) is 0 Å². The molecular formula is C15H16BrFN2O. The van der Waals surface area contributed by atoms with Crippen molar-refractivity contribution >= 4 is 15.9 Å². The second-order valence-electron chi connectivity index (χ2n) is 4.74. The summed E-state index contributed by atoms with van der Waals surface area (Å²) < 4.78 is 14.0. The van der Waals surface area contributed by atoms with Crippen LogP contribution in [0.4, 0.5) is 4.39 Å². The monoisotopic (exact) mass is 338 g/mol. The van der Waals surface area contributed by atoms with Gasteiger partial charge in [-0.1, -0.05) is 22.9 Å². The lowest BCUT2D eigenvalue weighted by molar-refractivity contribution is 0.176. The fraction of sp³-hybridized carbons (Fsp3) is 0.333. The first-order chi connectivity index (χ1) is 9.49. The maximum absolute atomic E-state index is 13.4. The van der Waals surface area contributed by atoms with E-state index in [-0.39, 0.29) is 5.82 Å². The average molecular weight is 339 g/mol. The Kier molecular flexibility index (Phi) is 4.83. The zero-order valence-corrected chi connectivity index (χ0v) is 13.0. The molecule has 2 aromatic rings. The topological polar surface area (TPSA) is 46.0 Å². The predicted molar refractivity (Wildman–Crippen MR) is 78.9 cm³/mol. The first-order valence-corrected chi connectivity index (χ1v) is 7.25. The smallest absolute Gasteiger partial charge is 0.124 e. The second-order valence-corrected chi connectivity index (χ2v) is 5.65. The summed E-state index contributed by atoms with van der Waals surface area (Å²) in [5.74, 6) is -0.318. The normalized spacial score (nSPS) is 12.4. The number of hydrogen-bond donors (Lipinski definition) is 1. The molecule has 0 aliphatic rings. The van der Waals surface area contributed by atoms with Gasteiger partial charge in [0.25, 0.3) is 0 Å². The molecule has 1 aromatic carbocycles. The van der Waals surface area contributed by atoms with Crippen LogP contribution in [-0.4, -0.2) is 15.3 Å². The van der Waals surface area contributed by atoms with Crippen LogP contribution in [-0.2, 0) is 12.8 Å². The van der Waals surface area contributed by atoms with Crippen LogP contribution in [0, 0.1) is 12.7 Å². The average Bonchev–Trinajstić information content (AvgIpc) is 2.37. The first kappa shape index (κ1) is 15.1. The molecule has 1 heterocycles. The van der Waals surface area contributed by atoms with E-state index in [2.05, 4.69) is 26.1 Å². The third-order valence-corrected chi connectivity index (χ3v) is 3.53. The van der Waals surface area contributed by atoms with Gasteiger partial charge in [-0.2, -0.15) is 10.2 Å². The molecule has 20 heavy (non-hydrogen) atoms. The zero-order chi connectivity index (χ0) is 14.7.